The molecule has 2 aliphatic carbocycles. The van der Waals surface area contributed by atoms with Crippen LogP contribution in [0.2, 0.25) is 0 Å². The molecule has 3 fully saturated rings. The Labute approximate surface area is 198 Å². The first-order valence-corrected chi connectivity index (χ1v) is 12.4. The van der Waals surface area contributed by atoms with Crippen LogP contribution in [0, 0.1) is 12.8 Å². The zero-order valence-corrected chi connectivity index (χ0v) is 19.5. The molecule has 0 bridgehead atoms. The zero-order valence-electron chi connectivity index (χ0n) is 19.5. The number of nitrogens with one attached hydrogen (secondary N) is 1. The Kier molecular flexibility index (Phi) is 5.37. The van der Waals surface area contributed by atoms with Crippen LogP contribution in [0.25, 0.3) is 16.6 Å². The highest BCUT2D eigenvalue weighted by molar-refractivity contribution is 5.95. The molecule has 1 aromatic heterocycles. The van der Waals surface area contributed by atoms with E-state index in [0.717, 1.165) is 43.8 Å². The van der Waals surface area contributed by atoms with E-state index in [4.69, 9.17) is 4.74 Å². The molecular weight excluding hydrogens is 428 g/mol. The number of nitrogens with zero attached hydrogens (tertiary/aromatic N) is 3. The van der Waals surface area contributed by atoms with E-state index in [9.17, 15) is 9.59 Å². The summed E-state index contributed by atoms with van der Waals surface area (Å²) >= 11 is 0. The fraction of sp³-hybridized carbons (Fsp3) is 0.444. The number of aryl methyl sites for hydroxylation is 1. The van der Waals surface area contributed by atoms with Crippen LogP contribution in [-0.4, -0.2) is 52.1 Å². The molecule has 34 heavy (non-hydrogen) atoms. The van der Waals surface area contributed by atoms with Gasteiger partial charge in [0.05, 0.1) is 16.6 Å². The van der Waals surface area contributed by atoms with Gasteiger partial charge in [0.25, 0.3) is 11.5 Å². The molecule has 1 atom stereocenters. The van der Waals surface area contributed by atoms with Crippen LogP contribution >= 0.6 is 0 Å². The minimum absolute atomic E-state index is 0.103. The molecule has 0 spiro atoms. The van der Waals surface area contributed by atoms with Gasteiger partial charge in [-0.05, 0) is 80.8 Å². The Balaban J connectivity index is 1.27. The molecule has 1 amide bonds. The highest BCUT2D eigenvalue weighted by atomic mass is 16.5. The first-order valence-electron chi connectivity index (χ1n) is 12.4. The third kappa shape index (κ3) is 4.44. The zero-order chi connectivity index (χ0) is 23.2. The maximum atomic E-state index is 13.5. The van der Waals surface area contributed by atoms with Gasteiger partial charge in [0.2, 0.25) is 0 Å². The summed E-state index contributed by atoms with van der Waals surface area (Å²) in [5.41, 5.74) is 2.59. The fourth-order valence-electron chi connectivity index (χ4n) is 4.77. The maximum Gasteiger partial charge on any atom is 0.265 e. The van der Waals surface area contributed by atoms with Crippen LogP contribution in [0.15, 0.2) is 47.5 Å². The average Bonchev–Trinajstić information content (AvgIpc) is 3.76. The largest absolute Gasteiger partial charge is 0.489 e. The molecule has 0 radical (unpaired) electrons. The predicted octanol–water partition coefficient (Wildman–Crippen LogP) is 3.45. The SMILES string of the molecule is Cc1ccc(C(=O)NC2CC2)cc1-n1cnc2ccc(O[C@@H]3CCN(CC4CC4)C3)cc2c1=O. The lowest BCUT2D eigenvalue weighted by Crippen LogP contribution is -2.27. The standard InChI is InChI=1S/C27H30N4O3/c1-17-2-5-19(26(32)29-20-6-7-20)12-25(17)31-16-28-24-9-8-21(13-23(24)27(31)33)34-22-10-11-30(15-22)14-18-3-4-18/h2,5,8-9,12-13,16,18,20,22H,3-4,6-7,10-11,14-15H2,1H3,(H,29,32)/t22-/m1/s1. The predicted molar refractivity (Wildman–Crippen MR) is 131 cm³/mol. The van der Waals surface area contributed by atoms with Gasteiger partial charge in [0.15, 0.2) is 0 Å². The number of carbonyl (C=O) groups is 1. The molecule has 7 nitrogen and oxygen atoms in total. The van der Waals surface area contributed by atoms with E-state index in [0.29, 0.717) is 27.9 Å². The summed E-state index contributed by atoms with van der Waals surface area (Å²) in [6.45, 7) is 5.14. The average molecular weight is 459 g/mol. The van der Waals surface area contributed by atoms with Crippen LogP contribution in [0.1, 0.15) is 48.0 Å². The van der Waals surface area contributed by atoms with Crippen LogP contribution in [0.4, 0.5) is 0 Å². The Morgan fingerprint density at radius 1 is 1.12 bits per heavy atom. The summed E-state index contributed by atoms with van der Waals surface area (Å²) in [6.07, 6.45) is 7.49. The van der Waals surface area contributed by atoms with E-state index in [1.165, 1.54) is 24.0 Å². The van der Waals surface area contributed by atoms with E-state index in [2.05, 4.69) is 15.2 Å². The number of hydrogen-bond donors (Lipinski definition) is 1. The first kappa shape index (κ1) is 21.4. The van der Waals surface area contributed by atoms with Gasteiger partial charge in [-0.2, -0.15) is 0 Å². The molecule has 1 N–H and O–H groups in total. The Morgan fingerprint density at radius 2 is 1.97 bits per heavy atom. The second-order valence-corrected chi connectivity index (χ2v) is 10.1. The van der Waals surface area contributed by atoms with E-state index >= 15 is 0 Å². The molecule has 176 valence electrons. The summed E-state index contributed by atoms with van der Waals surface area (Å²) < 4.78 is 7.79. The number of aromatic nitrogens is 2. The van der Waals surface area contributed by atoms with Crippen molar-refractivity contribution in [3.05, 3.63) is 64.2 Å². The second-order valence-electron chi connectivity index (χ2n) is 10.1. The van der Waals surface area contributed by atoms with Gasteiger partial charge < -0.3 is 10.1 Å². The monoisotopic (exact) mass is 458 g/mol. The molecule has 2 heterocycles. The molecule has 2 saturated carbocycles. The second kappa shape index (κ2) is 8.55. The van der Waals surface area contributed by atoms with Gasteiger partial charge in [-0.25, -0.2) is 4.98 Å². The summed E-state index contributed by atoms with van der Waals surface area (Å²) in [5.74, 6) is 1.48. The van der Waals surface area contributed by atoms with Gasteiger partial charge in [0, 0.05) is 31.2 Å². The van der Waals surface area contributed by atoms with Crippen molar-refractivity contribution in [1.82, 2.24) is 19.8 Å². The van der Waals surface area contributed by atoms with Crippen LogP contribution in [0.5, 0.6) is 5.75 Å². The van der Waals surface area contributed by atoms with Crippen molar-refractivity contribution in [2.75, 3.05) is 19.6 Å². The molecular formula is C27H30N4O3. The molecule has 2 aromatic carbocycles. The molecule has 7 heteroatoms. The number of fused-ring (bicyclic) bond motifs is 1. The third-order valence-corrected chi connectivity index (χ3v) is 7.12. The number of ether oxygens (including phenoxy) is 1. The van der Waals surface area contributed by atoms with Crippen LogP contribution in [-0.2, 0) is 0 Å². The Hall–Kier alpha value is -3.19. The van der Waals surface area contributed by atoms with Crippen molar-refractivity contribution in [3.63, 3.8) is 0 Å². The quantitative estimate of drug-likeness (QED) is 0.587. The maximum absolute atomic E-state index is 13.5. The lowest BCUT2D eigenvalue weighted by Gasteiger charge is -2.17. The molecule has 1 saturated heterocycles. The van der Waals surface area contributed by atoms with E-state index in [1.807, 2.05) is 31.2 Å². The Bertz CT molecular complexity index is 1310. The van der Waals surface area contributed by atoms with Gasteiger partial charge in [-0.3, -0.25) is 19.1 Å². The summed E-state index contributed by atoms with van der Waals surface area (Å²) in [7, 11) is 0. The van der Waals surface area contributed by atoms with Gasteiger partial charge in [-0.1, -0.05) is 6.07 Å². The minimum Gasteiger partial charge on any atom is -0.489 e. The van der Waals surface area contributed by atoms with Crippen molar-refractivity contribution < 1.29 is 9.53 Å². The van der Waals surface area contributed by atoms with Gasteiger partial charge in [0.1, 0.15) is 18.2 Å². The van der Waals surface area contributed by atoms with Gasteiger partial charge >= 0.3 is 0 Å². The molecule has 3 aliphatic rings. The number of rotatable bonds is 7. The van der Waals surface area contributed by atoms with Crippen molar-refractivity contribution in [2.24, 2.45) is 5.92 Å². The fourth-order valence-corrected chi connectivity index (χ4v) is 4.77. The van der Waals surface area contributed by atoms with E-state index in [1.54, 1.807) is 18.5 Å². The Morgan fingerprint density at radius 3 is 2.76 bits per heavy atom. The summed E-state index contributed by atoms with van der Waals surface area (Å²) in [4.78, 5) is 33.0. The summed E-state index contributed by atoms with van der Waals surface area (Å²) in [5, 5.41) is 3.52. The topological polar surface area (TPSA) is 76.5 Å². The normalized spacial score (nSPS) is 20.6. The van der Waals surface area contributed by atoms with E-state index in [-0.39, 0.29) is 23.6 Å². The van der Waals surface area contributed by atoms with Crippen molar-refractivity contribution in [3.8, 4) is 11.4 Å². The minimum atomic E-state index is -0.167. The highest BCUT2D eigenvalue weighted by Crippen LogP contribution is 2.31. The molecule has 1 aliphatic heterocycles. The van der Waals surface area contributed by atoms with E-state index < -0.39 is 0 Å². The number of carbonyl (C=O) groups excluding carboxylic acids is 1. The summed E-state index contributed by atoms with van der Waals surface area (Å²) in [6, 6.07) is 11.3. The van der Waals surface area contributed by atoms with Crippen LogP contribution < -0.4 is 15.6 Å². The van der Waals surface area contributed by atoms with Crippen molar-refractivity contribution >= 4 is 16.8 Å². The highest BCUT2D eigenvalue weighted by Gasteiger charge is 2.30. The smallest absolute Gasteiger partial charge is 0.265 e. The molecule has 0 unspecified atom stereocenters. The van der Waals surface area contributed by atoms with Gasteiger partial charge in [-0.15, -0.1) is 0 Å². The third-order valence-electron chi connectivity index (χ3n) is 7.12. The van der Waals surface area contributed by atoms with Crippen molar-refractivity contribution in [1.29, 1.82) is 0 Å². The lowest BCUT2D eigenvalue weighted by atomic mass is 10.1. The number of likely N-dealkylation sites (tertiary alicyclic amines) is 1. The lowest BCUT2D eigenvalue weighted by molar-refractivity contribution is 0.0951. The molecule has 3 aromatic rings. The molecule has 6 rings (SSSR count). The van der Waals surface area contributed by atoms with Crippen LogP contribution in [0.3, 0.4) is 0 Å². The number of benzene rings is 2. The number of hydrogen-bond acceptors (Lipinski definition) is 5. The number of amides is 1. The first-order chi connectivity index (χ1) is 16.5. The van der Waals surface area contributed by atoms with Crippen molar-refractivity contribution in [2.45, 2.75) is 51.2 Å².